The van der Waals surface area contributed by atoms with Crippen molar-refractivity contribution in [1.82, 2.24) is 4.90 Å². The molecule has 0 radical (unpaired) electrons. The van der Waals surface area contributed by atoms with Crippen molar-refractivity contribution >= 4 is 6.09 Å². The Morgan fingerprint density at radius 2 is 2.00 bits per heavy atom. The third kappa shape index (κ3) is 1.93. The van der Waals surface area contributed by atoms with E-state index >= 15 is 0 Å². The molecule has 1 saturated heterocycles. The van der Waals surface area contributed by atoms with Crippen LogP contribution >= 0.6 is 0 Å². The third-order valence-electron chi connectivity index (χ3n) is 2.43. The molecule has 0 aliphatic carbocycles. The summed E-state index contributed by atoms with van der Waals surface area (Å²) in [5.74, 6) is 0. The van der Waals surface area contributed by atoms with Crippen molar-refractivity contribution in [2.24, 2.45) is 0 Å². The van der Waals surface area contributed by atoms with Crippen LogP contribution in [0.3, 0.4) is 0 Å². The predicted molar refractivity (Wildman–Crippen MR) is 42.8 cm³/mol. The number of rotatable bonds is 0. The number of halogens is 3. The molecule has 3 nitrogen and oxygen atoms in total. The molecule has 0 aromatic rings. The first-order valence-corrected chi connectivity index (χ1v) is 4.31. The number of alkyl halides is 3. The Morgan fingerprint density at radius 3 is 2.43 bits per heavy atom. The van der Waals surface area contributed by atoms with Gasteiger partial charge in [-0.3, -0.25) is 4.90 Å². The Bertz CT molecular complexity index is 229. The van der Waals surface area contributed by atoms with Gasteiger partial charge in [-0.2, -0.15) is 13.2 Å². The molecule has 1 aliphatic heterocycles. The van der Waals surface area contributed by atoms with E-state index in [-0.39, 0.29) is 6.42 Å². The maximum absolute atomic E-state index is 12.4. The first-order chi connectivity index (χ1) is 6.38. The number of carbonyl (C=O) groups is 1. The Morgan fingerprint density at radius 1 is 1.43 bits per heavy atom. The summed E-state index contributed by atoms with van der Waals surface area (Å²) in [6, 6.07) is -2.10. The second-order valence-corrected chi connectivity index (χ2v) is 3.36. The SMILES string of the molecule is COC(=O)N1C(C)CCC1C(F)(F)F. The van der Waals surface area contributed by atoms with Gasteiger partial charge in [0, 0.05) is 6.04 Å². The van der Waals surface area contributed by atoms with Gasteiger partial charge in [0.2, 0.25) is 0 Å². The van der Waals surface area contributed by atoms with Crippen LogP contribution in [0.15, 0.2) is 0 Å². The van der Waals surface area contributed by atoms with Gasteiger partial charge in [0.1, 0.15) is 6.04 Å². The summed E-state index contributed by atoms with van der Waals surface area (Å²) in [6.45, 7) is 1.59. The zero-order valence-corrected chi connectivity index (χ0v) is 7.97. The molecule has 82 valence electrons. The van der Waals surface area contributed by atoms with E-state index in [0.29, 0.717) is 6.42 Å². The van der Waals surface area contributed by atoms with Crippen LogP contribution in [-0.4, -0.2) is 36.4 Å². The number of amides is 1. The Kier molecular flexibility index (Phi) is 2.92. The van der Waals surface area contributed by atoms with E-state index in [1.807, 2.05) is 0 Å². The summed E-state index contributed by atoms with van der Waals surface area (Å²) in [6.07, 6.45) is -4.95. The number of likely N-dealkylation sites (tertiary alicyclic amines) is 1. The zero-order valence-electron chi connectivity index (χ0n) is 7.97. The van der Waals surface area contributed by atoms with Crippen LogP contribution in [0.5, 0.6) is 0 Å². The van der Waals surface area contributed by atoms with E-state index in [9.17, 15) is 18.0 Å². The molecular formula is C8H12F3NO2. The number of hydrogen-bond donors (Lipinski definition) is 0. The molecule has 0 bridgehead atoms. The molecule has 2 atom stereocenters. The third-order valence-corrected chi connectivity index (χ3v) is 2.43. The van der Waals surface area contributed by atoms with Gasteiger partial charge in [-0.1, -0.05) is 0 Å². The van der Waals surface area contributed by atoms with Gasteiger partial charge in [-0.15, -0.1) is 0 Å². The average molecular weight is 211 g/mol. The van der Waals surface area contributed by atoms with Gasteiger partial charge in [-0.05, 0) is 19.8 Å². The van der Waals surface area contributed by atoms with Gasteiger partial charge in [0.15, 0.2) is 0 Å². The largest absolute Gasteiger partial charge is 0.453 e. The second-order valence-electron chi connectivity index (χ2n) is 3.36. The van der Waals surface area contributed by atoms with Crippen molar-refractivity contribution in [3.63, 3.8) is 0 Å². The smallest absolute Gasteiger partial charge is 0.410 e. The van der Waals surface area contributed by atoms with Gasteiger partial charge < -0.3 is 4.74 Å². The van der Waals surface area contributed by atoms with E-state index in [1.54, 1.807) is 6.92 Å². The molecule has 0 N–H and O–H groups in total. The topological polar surface area (TPSA) is 29.5 Å². The summed E-state index contributed by atoms with van der Waals surface area (Å²) < 4.78 is 41.6. The first-order valence-electron chi connectivity index (χ1n) is 4.31. The van der Waals surface area contributed by atoms with Crippen molar-refractivity contribution in [1.29, 1.82) is 0 Å². The van der Waals surface area contributed by atoms with Gasteiger partial charge >= 0.3 is 12.3 Å². The van der Waals surface area contributed by atoms with Gasteiger partial charge in [0.05, 0.1) is 7.11 Å². The quantitative estimate of drug-likeness (QED) is 0.614. The van der Waals surface area contributed by atoms with Crippen LogP contribution in [0.4, 0.5) is 18.0 Å². The van der Waals surface area contributed by atoms with Gasteiger partial charge in [-0.25, -0.2) is 4.79 Å². The Hall–Kier alpha value is -0.940. The van der Waals surface area contributed by atoms with Crippen molar-refractivity contribution in [2.75, 3.05) is 7.11 Å². The number of nitrogens with zero attached hydrogens (tertiary/aromatic N) is 1. The highest BCUT2D eigenvalue weighted by molar-refractivity contribution is 5.68. The van der Waals surface area contributed by atoms with E-state index in [4.69, 9.17) is 0 Å². The minimum Gasteiger partial charge on any atom is -0.453 e. The molecule has 2 unspecified atom stereocenters. The molecule has 1 heterocycles. The lowest BCUT2D eigenvalue weighted by Crippen LogP contribution is -2.47. The highest BCUT2D eigenvalue weighted by Gasteiger charge is 2.50. The van der Waals surface area contributed by atoms with E-state index in [2.05, 4.69) is 4.74 Å². The highest BCUT2D eigenvalue weighted by atomic mass is 19.4. The van der Waals surface area contributed by atoms with Crippen molar-refractivity contribution in [3.05, 3.63) is 0 Å². The van der Waals surface area contributed by atoms with Gasteiger partial charge in [0.25, 0.3) is 0 Å². The minimum atomic E-state index is -4.36. The molecule has 0 spiro atoms. The fraction of sp³-hybridized carbons (Fsp3) is 0.875. The summed E-state index contributed by atoms with van der Waals surface area (Å²) in [5, 5.41) is 0. The minimum absolute atomic E-state index is 0.0419. The molecular weight excluding hydrogens is 199 g/mol. The van der Waals surface area contributed by atoms with Crippen molar-refractivity contribution in [3.8, 4) is 0 Å². The summed E-state index contributed by atoms with van der Waals surface area (Å²) in [7, 11) is 1.08. The number of carbonyl (C=O) groups excluding carboxylic acids is 1. The maximum atomic E-state index is 12.4. The Balaban J connectivity index is 2.82. The lowest BCUT2D eigenvalue weighted by Gasteiger charge is -2.28. The molecule has 0 aromatic carbocycles. The Labute approximate surface area is 79.8 Å². The summed E-state index contributed by atoms with van der Waals surface area (Å²) >= 11 is 0. The fourth-order valence-electron chi connectivity index (χ4n) is 1.72. The molecule has 1 aliphatic rings. The first kappa shape index (κ1) is 11.1. The van der Waals surface area contributed by atoms with E-state index in [0.717, 1.165) is 12.0 Å². The van der Waals surface area contributed by atoms with Crippen LogP contribution in [0.2, 0.25) is 0 Å². The van der Waals surface area contributed by atoms with Crippen LogP contribution in [0.1, 0.15) is 19.8 Å². The second kappa shape index (κ2) is 3.67. The van der Waals surface area contributed by atoms with Crippen molar-refractivity contribution in [2.45, 2.75) is 38.0 Å². The van der Waals surface area contributed by atoms with E-state index < -0.39 is 24.4 Å². The standard InChI is InChI=1S/C8H12F3NO2/c1-5-3-4-6(8(9,10)11)12(5)7(13)14-2/h5-6H,3-4H2,1-2H3. The number of ether oxygens (including phenoxy) is 1. The lowest BCUT2D eigenvalue weighted by molar-refractivity contribution is -0.173. The maximum Gasteiger partial charge on any atom is 0.410 e. The molecule has 1 fully saturated rings. The molecule has 0 aromatic heterocycles. The fourth-order valence-corrected chi connectivity index (χ4v) is 1.72. The molecule has 1 rings (SSSR count). The molecule has 6 heteroatoms. The van der Waals surface area contributed by atoms with Crippen molar-refractivity contribution < 1.29 is 22.7 Å². The molecule has 14 heavy (non-hydrogen) atoms. The summed E-state index contributed by atoms with van der Waals surface area (Å²) in [5.41, 5.74) is 0. The number of hydrogen-bond acceptors (Lipinski definition) is 2. The van der Waals surface area contributed by atoms with Crippen LogP contribution in [-0.2, 0) is 4.74 Å². The zero-order chi connectivity index (χ0) is 10.9. The number of methoxy groups -OCH3 is 1. The van der Waals surface area contributed by atoms with Crippen LogP contribution in [0, 0.1) is 0 Å². The lowest BCUT2D eigenvalue weighted by atomic mass is 10.2. The normalized spacial score (nSPS) is 27.9. The summed E-state index contributed by atoms with van der Waals surface area (Å²) in [4.78, 5) is 11.8. The average Bonchev–Trinajstić information content (AvgIpc) is 2.45. The van der Waals surface area contributed by atoms with E-state index in [1.165, 1.54) is 0 Å². The molecule has 1 amide bonds. The van der Waals surface area contributed by atoms with Crippen LogP contribution < -0.4 is 0 Å². The van der Waals surface area contributed by atoms with Crippen LogP contribution in [0.25, 0.3) is 0 Å². The molecule has 0 saturated carbocycles. The predicted octanol–water partition coefficient (Wildman–Crippen LogP) is 2.17. The highest BCUT2D eigenvalue weighted by Crippen LogP contribution is 2.35. The monoisotopic (exact) mass is 211 g/mol.